The zero-order chi connectivity index (χ0) is 15.6. The Hall–Kier alpha value is -1.77. The van der Waals surface area contributed by atoms with Crippen LogP contribution in [-0.2, 0) is 6.18 Å². The first-order valence-electron chi connectivity index (χ1n) is 5.87. The van der Waals surface area contributed by atoms with Crippen LogP contribution in [0.4, 0.5) is 27.1 Å². The van der Waals surface area contributed by atoms with Crippen LogP contribution in [0.25, 0.3) is 0 Å². The van der Waals surface area contributed by atoms with E-state index in [-0.39, 0.29) is 23.2 Å². The summed E-state index contributed by atoms with van der Waals surface area (Å²) in [6, 6.07) is 3.19. The summed E-state index contributed by atoms with van der Waals surface area (Å²) < 4.78 is 63.4. The maximum atomic E-state index is 13.5. The van der Waals surface area contributed by atoms with Crippen LogP contribution in [0.1, 0.15) is 23.4 Å². The van der Waals surface area contributed by atoms with Crippen LogP contribution < -0.4 is 5.32 Å². The molecule has 21 heavy (non-hydrogen) atoms. The summed E-state index contributed by atoms with van der Waals surface area (Å²) in [5, 5.41) is 8.00. The smallest absolute Gasteiger partial charge is 0.359 e. The fourth-order valence-corrected chi connectivity index (χ4v) is 2.28. The molecule has 1 atom stereocenters. The standard InChI is InChI=1S/C12H10F5N3S/c1-6(8-3-2-7(13)4-9(8)14)5-18-11-20-19-10(21-11)12(15,16)17/h2-4,6H,5H2,1H3,(H,18,20). The lowest BCUT2D eigenvalue weighted by Gasteiger charge is -2.13. The van der Waals surface area contributed by atoms with Gasteiger partial charge in [0.25, 0.3) is 0 Å². The SMILES string of the molecule is CC(CNc1nnc(C(F)(F)F)s1)c1ccc(F)cc1F. The molecule has 2 rings (SSSR count). The van der Waals surface area contributed by atoms with Crippen molar-refractivity contribution in [2.75, 3.05) is 11.9 Å². The van der Waals surface area contributed by atoms with Crippen molar-refractivity contribution >= 4 is 16.5 Å². The Bertz CT molecular complexity index is 626. The predicted molar refractivity (Wildman–Crippen MR) is 68.2 cm³/mol. The first kappa shape index (κ1) is 15.6. The van der Waals surface area contributed by atoms with Crippen molar-refractivity contribution in [1.29, 1.82) is 0 Å². The Morgan fingerprint density at radius 2 is 1.95 bits per heavy atom. The van der Waals surface area contributed by atoms with E-state index in [1.807, 2.05) is 0 Å². The minimum atomic E-state index is -4.54. The van der Waals surface area contributed by atoms with E-state index in [2.05, 4.69) is 15.5 Å². The highest BCUT2D eigenvalue weighted by atomic mass is 32.1. The lowest BCUT2D eigenvalue weighted by molar-refractivity contribution is -0.138. The second kappa shape index (κ2) is 5.92. The lowest BCUT2D eigenvalue weighted by atomic mass is 10.0. The quantitative estimate of drug-likeness (QED) is 0.863. The molecular weight excluding hydrogens is 313 g/mol. The maximum Gasteiger partial charge on any atom is 0.445 e. The molecule has 1 aromatic heterocycles. The summed E-state index contributed by atoms with van der Waals surface area (Å²) in [6.45, 7) is 1.81. The highest BCUT2D eigenvalue weighted by Crippen LogP contribution is 2.33. The number of alkyl halides is 3. The Labute approximate surface area is 120 Å². The van der Waals surface area contributed by atoms with Crippen molar-refractivity contribution in [3.63, 3.8) is 0 Å². The van der Waals surface area contributed by atoms with E-state index in [0.29, 0.717) is 11.3 Å². The number of nitrogens with one attached hydrogen (secondary N) is 1. The summed E-state index contributed by atoms with van der Waals surface area (Å²) in [7, 11) is 0. The van der Waals surface area contributed by atoms with Gasteiger partial charge < -0.3 is 5.32 Å². The minimum absolute atomic E-state index is 0.00306. The molecule has 0 aliphatic rings. The normalized spacial score (nSPS) is 13.2. The summed E-state index contributed by atoms with van der Waals surface area (Å²) >= 11 is 0.372. The van der Waals surface area contributed by atoms with Crippen molar-refractivity contribution < 1.29 is 22.0 Å². The van der Waals surface area contributed by atoms with Crippen LogP contribution in [0.2, 0.25) is 0 Å². The molecular formula is C12H10F5N3S. The molecule has 3 nitrogen and oxygen atoms in total. The molecule has 0 aliphatic carbocycles. The van der Waals surface area contributed by atoms with Gasteiger partial charge in [0, 0.05) is 18.5 Å². The van der Waals surface area contributed by atoms with E-state index >= 15 is 0 Å². The van der Waals surface area contributed by atoms with Gasteiger partial charge in [-0.1, -0.05) is 24.3 Å². The van der Waals surface area contributed by atoms with Gasteiger partial charge in [-0.25, -0.2) is 8.78 Å². The number of halogens is 5. The number of rotatable bonds is 4. The molecule has 1 N–H and O–H groups in total. The molecule has 1 unspecified atom stereocenters. The fourth-order valence-electron chi connectivity index (χ4n) is 1.66. The monoisotopic (exact) mass is 323 g/mol. The van der Waals surface area contributed by atoms with E-state index in [1.54, 1.807) is 6.92 Å². The lowest BCUT2D eigenvalue weighted by Crippen LogP contribution is -2.11. The van der Waals surface area contributed by atoms with E-state index < -0.39 is 22.8 Å². The van der Waals surface area contributed by atoms with Crippen LogP contribution in [0, 0.1) is 11.6 Å². The summed E-state index contributed by atoms with van der Waals surface area (Å²) in [5.41, 5.74) is 0.268. The molecule has 2 aromatic rings. The Balaban J connectivity index is 2.01. The third kappa shape index (κ3) is 3.87. The second-order valence-electron chi connectivity index (χ2n) is 4.36. The molecule has 0 fully saturated rings. The van der Waals surface area contributed by atoms with Gasteiger partial charge >= 0.3 is 6.18 Å². The van der Waals surface area contributed by atoms with E-state index in [1.165, 1.54) is 6.07 Å². The van der Waals surface area contributed by atoms with Gasteiger partial charge in [0.15, 0.2) is 0 Å². The van der Waals surface area contributed by atoms with Crippen molar-refractivity contribution in [2.24, 2.45) is 0 Å². The molecule has 0 radical (unpaired) electrons. The van der Waals surface area contributed by atoms with Crippen LogP contribution in [0.15, 0.2) is 18.2 Å². The van der Waals surface area contributed by atoms with Gasteiger partial charge in [0.1, 0.15) is 11.6 Å². The molecule has 0 aliphatic heterocycles. The van der Waals surface area contributed by atoms with Crippen molar-refractivity contribution in [3.8, 4) is 0 Å². The topological polar surface area (TPSA) is 37.8 Å². The first-order valence-corrected chi connectivity index (χ1v) is 6.68. The molecule has 0 bridgehead atoms. The van der Waals surface area contributed by atoms with Gasteiger partial charge in [-0.15, -0.1) is 10.2 Å². The molecule has 0 saturated heterocycles. The average Bonchev–Trinajstić information content (AvgIpc) is 2.84. The van der Waals surface area contributed by atoms with Crippen LogP contribution in [0.3, 0.4) is 0 Å². The van der Waals surface area contributed by atoms with Crippen molar-refractivity contribution in [3.05, 3.63) is 40.4 Å². The number of aromatic nitrogens is 2. The molecule has 1 heterocycles. The van der Waals surface area contributed by atoms with Crippen LogP contribution in [0.5, 0.6) is 0 Å². The molecule has 9 heteroatoms. The molecule has 0 amide bonds. The maximum absolute atomic E-state index is 13.5. The largest absolute Gasteiger partial charge is 0.445 e. The summed E-state index contributed by atoms with van der Waals surface area (Å²) in [5.74, 6) is -1.75. The fraction of sp³-hybridized carbons (Fsp3) is 0.333. The Morgan fingerprint density at radius 1 is 1.24 bits per heavy atom. The highest BCUT2D eigenvalue weighted by Gasteiger charge is 2.35. The van der Waals surface area contributed by atoms with Crippen LogP contribution in [-0.4, -0.2) is 16.7 Å². The first-order chi connectivity index (χ1) is 9.77. The predicted octanol–water partition coefficient (Wildman–Crippen LogP) is 4.05. The van der Waals surface area contributed by atoms with Gasteiger partial charge in [-0.2, -0.15) is 13.2 Å². The zero-order valence-corrected chi connectivity index (χ0v) is 11.5. The summed E-state index contributed by atoms with van der Waals surface area (Å²) in [4.78, 5) is 0. The number of anilines is 1. The van der Waals surface area contributed by atoms with Crippen molar-refractivity contribution in [1.82, 2.24) is 10.2 Å². The third-order valence-corrected chi connectivity index (χ3v) is 3.65. The van der Waals surface area contributed by atoms with Crippen LogP contribution >= 0.6 is 11.3 Å². The van der Waals surface area contributed by atoms with E-state index in [0.717, 1.165) is 12.1 Å². The molecule has 0 saturated carbocycles. The van der Waals surface area contributed by atoms with Gasteiger partial charge in [0.05, 0.1) is 0 Å². The number of hydrogen-bond acceptors (Lipinski definition) is 4. The zero-order valence-electron chi connectivity index (χ0n) is 10.7. The third-order valence-electron chi connectivity index (χ3n) is 2.72. The van der Waals surface area contributed by atoms with Gasteiger partial charge in [0.2, 0.25) is 10.1 Å². The summed E-state index contributed by atoms with van der Waals surface area (Å²) in [6.07, 6.45) is -4.54. The molecule has 1 aromatic carbocycles. The van der Waals surface area contributed by atoms with Crippen molar-refractivity contribution in [2.45, 2.75) is 19.0 Å². The number of benzene rings is 1. The number of hydrogen-bond donors (Lipinski definition) is 1. The van der Waals surface area contributed by atoms with Gasteiger partial charge in [-0.3, -0.25) is 0 Å². The number of nitrogens with zero attached hydrogens (tertiary/aromatic N) is 2. The molecule has 0 spiro atoms. The minimum Gasteiger partial charge on any atom is -0.359 e. The Morgan fingerprint density at radius 3 is 2.52 bits per heavy atom. The second-order valence-corrected chi connectivity index (χ2v) is 5.34. The molecule has 114 valence electrons. The average molecular weight is 323 g/mol. The van der Waals surface area contributed by atoms with E-state index in [4.69, 9.17) is 0 Å². The highest BCUT2D eigenvalue weighted by molar-refractivity contribution is 7.15. The Kier molecular flexibility index (Phi) is 4.40. The van der Waals surface area contributed by atoms with Gasteiger partial charge in [-0.05, 0) is 11.6 Å². The van der Waals surface area contributed by atoms with E-state index in [9.17, 15) is 22.0 Å².